The van der Waals surface area contributed by atoms with E-state index in [-0.39, 0.29) is 0 Å². The van der Waals surface area contributed by atoms with Gasteiger partial charge in [0.1, 0.15) is 6.61 Å². The van der Waals surface area contributed by atoms with Crippen molar-refractivity contribution in [1.82, 2.24) is 0 Å². The summed E-state index contributed by atoms with van der Waals surface area (Å²) >= 11 is 18.6. The number of anilines is 1. The van der Waals surface area contributed by atoms with Crippen LogP contribution in [0.2, 0.25) is 15.1 Å². The summed E-state index contributed by atoms with van der Waals surface area (Å²) in [5.74, 6) is 1.16. The largest absolute Gasteiger partial charge is 0.490 e. The standard InChI is InChI=1S/C23H22Cl3NO2/c1-3-28-22-9-17(13-27-20-11-18(24)10-19(25)12-20)8-21(26)23(22)29-14-16-6-4-15(2)5-7-16/h4-12,27H,3,13-14H2,1-2H3. The van der Waals surface area contributed by atoms with Crippen molar-refractivity contribution in [3.05, 3.63) is 86.4 Å². The number of hydrogen-bond acceptors (Lipinski definition) is 3. The fourth-order valence-electron chi connectivity index (χ4n) is 2.83. The number of ether oxygens (including phenoxy) is 2. The summed E-state index contributed by atoms with van der Waals surface area (Å²) in [4.78, 5) is 0. The summed E-state index contributed by atoms with van der Waals surface area (Å²) in [5, 5.41) is 4.96. The lowest BCUT2D eigenvalue weighted by Crippen LogP contribution is -2.04. The molecule has 0 saturated heterocycles. The van der Waals surface area contributed by atoms with Gasteiger partial charge in [-0.3, -0.25) is 0 Å². The second kappa shape index (κ2) is 10.1. The predicted octanol–water partition coefficient (Wildman–Crippen LogP) is 7.55. The number of nitrogens with one attached hydrogen (secondary N) is 1. The SMILES string of the molecule is CCOc1cc(CNc2cc(Cl)cc(Cl)c2)cc(Cl)c1OCc1ccc(C)cc1. The second-order valence-electron chi connectivity index (χ2n) is 6.62. The van der Waals surface area contributed by atoms with Gasteiger partial charge in [-0.15, -0.1) is 0 Å². The summed E-state index contributed by atoms with van der Waals surface area (Å²) in [7, 11) is 0. The molecule has 3 aromatic rings. The molecule has 0 radical (unpaired) electrons. The lowest BCUT2D eigenvalue weighted by Gasteiger charge is -2.16. The highest BCUT2D eigenvalue weighted by Crippen LogP contribution is 2.37. The zero-order valence-electron chi connectivity index (χ0n) is 16.3. The van der Waals surface area contributed by atoms with Gasteiger partial charge in [-0.05, 0) is 55.3 Å². The zero-order valence-corrected chi connectivity index (χ0v) is 18.5. The highest BCUT2D eigenvalue weighted by Gasteiger charge is 2.13. The van der Waals surface area contributed by atoms with Gasteiger partial charge < -0.3 is 14.8 Å². The first kappa shape index (κ1) is 21.6. The molecule has 0 atom stereocenters. The van der Waals surface area contributed by atoms with E-state index in [9.17, 15) is 0 Å². The van der Waals surface area contributed by atoms with E-state index >= 15 is 0 Å². The van der Waals surface area contributed by atoms with E-state index in [2.05, 4.69) is 24.4 Å². The summed E-state index contributed by atoms with van der Waals surface area (Å²) in [6.45, 7) is 5.45. The number of hydrogen-bond donors (Lipinski definition) is 1. The van der Waals surface area contributed by atoms with Crippen LogP contribution in [0, 0.1) is 6.92 Å². The molecular weight excluding hydrogens is 429 g/mol. The Hall–Kier alpha value is -2.07. The lowest BCUT2D eigenvalue weighted by atomic mass is 10.1. The number of benzene rings is 3. The summed E-state index contributed by atoms with van der Waals surface area (Å²) in [6.07, 6.45) is 0. The van der Waals surface area contributed by atoms with E-state index in [1.54, 1.807) is 6.07 Å². The fraction of sp³-hybridized carbons (Fsp3) is 0.217. The topological polar surface area (TPSA) is 30.5 Å². The summed E-state index contributed by atoms with van der Waals surface area (Å²) < 4.78 is 11.8. The van der Waals surface area contributed by atoms with Gasteiger partial charge in [0.15, 0.2) is 11.5 Å². The van der Waals surface area contributed by atoms with E-state index in [4.69, 9.17) is 44.3 Å². The molecule has 6 heteroatoms. The third kappa shape index (κ3) is 6.20. The number of halogens is 3. The molecule has 3 nitrogen and oxygen atoms in total. The van der Waals surface area contributed by atoms with Crippen molar-refractivity contribution in [3.8, 4) is 11.5 Å². The minimum absolute atomic E-state index is 0.415. The summed E-state index contributed by atoms with van der Waals surface area (Å²) in [6, 6.07) is 17.3. The van der Waals surface area contributed by atoms with Gasteiger partial charge in [-0.25, -0.2) is 0 Å². The Morgan fingerprint density at radius 3 is 2.17 bits per heavy atom. The molecule has 0 aliphatic rings. The minimum atomic E-state index is 0.415. The predicted molar refractivity (Wildman–Crippen MR) is 122 cm³/mol. The summed E-state index contributed by atoms with van der Waals surface area (Å²) in [5.41, 5.74) is 4.06. The zero-order chi connectivity index (χ0) is 20.8. The molecule has 3 rings (SSSR count). The van der Waals surface area contributed by atoms with Crippen LogP contribution in [0.25, 0.3) is 0 Å². The first-order valence-corrected chi connectivity index (χ1v) is 10.4. The third-order valence-electron chi connectivity index (χ3n) is 4.23. The van der Waals surface area contributed by atoms with Crippen molar-refractivity contribution in [2.24, 2.45) is 0 Å². The van der Waals surface area contributed by atoms with Crippen molar-refractivity contribution >= 4 is 40.5 Å². The normalized spacial score (nSPS) is 10.7. The van der Waals surface area contributed by atoms with E-state index < -0.39 is 0 Å². The van der Waals surface area contributed by atoms with Gasteiger partial charge in [-0.1, -0.05) is 64.6 Å². The van der Waals surface area contributed by atoms with Crippen molar-refractivity contribution in [2.75, 3.05) is 11.9 Å². The van der Waals surface area contributed by atoms with Crippen LogP contribution >= 0.6 is 34.8 Å². The molecule has 0 heterocycles. The van der Waals surface area contributed by atoms with Crippen LogP contribution in [-0.4, -0.2) is 6.61 Å². The van der Waals surface area contributed by atoms with Gasteiger partial charge in [0, 0.05) is 22.3 Å². The van der Waals surface area contributed by atoms with Crippen molar-refractivity contribution in [2.45, 2.75) is 27.0 Å². The Balaban J connectivity index is 1.75. The number of rotatable bonds is 8. The Bertz CT molecular complexity index is 954. The molecule has 0 unspecified atom stereocenters. The maximum Gasteiger partial charge on any atom is 0.180 e. The Morgan fingerprint density at radius 1 is 0.828 bits per heavy atom. The molecule has 0 aliphatic heterocycles. The van der Waals surface area contributed by atoms with Crippen LogP contribution in [0.1, 0.15) is 23.6 Å². The molecule has 29 heavy (non-hydrogen) atoms. The molecular formula is C23H22Cl3NO2. The van der Waals surface area contributed by atoms with Crippen molar-refractivity contribution in [1.29, 1.82) is 0 Å². The maximum absolute atomic E-state index is 6.52. The molecule has 1 N–H and O–H groups in total. The fourth-order valence-corrected chi connectivity index (χ4v) is 3.64. The van der Waals surface area contributed by atoms with Crippen LogP contribution in [0.4, 0.5) is 5.69 Å². The lowest BCUT2D eigenvalue weighted by molar-refractivity contribution is 0.269. The Labute approximate surface area is 186 Å². The molecule has 3 aromatic carbocycles. The molecule has 0 fully saturated rings. The van der Waals surface area contributed by atoms with Gasteiger partial charge >= 0.3 is 0 Å². The highest BCUT2D eigenvalue weighted by atomic mass is 35.5. The average molecular weight is 451 g/mol. The molecule has 0 amide bonds. The van der Waals surface area contributed by atoms with Crippen LogP contribution in [0.5, 0.6) is 11.5 Å². The van der Waals surface area contributed by atoms with E-state index in [1.165, 1.54) is 5.56 Å². The molecule has 0 spiro atoms. The van der Waals surface area contributed by atoms with Gasteiger partial charge in [0.05, 0.1) is 11.6 Å². The highest BCUT2D eigenvalue weighted by molar-refractivity contribution is 6.35. The second-order valence-corrected chi connectivity index (χ2v) is 7.90. The quantitative estimate of drug-likeness (QED) is 0.384. The Morgan fingerprint density at radius 2 is 1.52 bits per heavy atom. The average Bonchev–Trinajstić information content (AvgIpc) is 2.66. The smallest absolute Gasteiger partial charge is 0.180 e. The van der Waals surface area contributed by atoms with Crippen LogP contribution in [0.3, 0.4) is 0 Å². The first-order valence-electron chi connectivity index (χ1n) is 9.28. The van der Waals surface area contributed by atoms with Gasteiger partial charge in [0.2, 0.25) is 0 Å². The van der Waals surface area contributed by atoms with Gasteiger partial charge in [-0.2, -0.15) is 0 Å². The molecule has 152 valence electrons. The van der Waals surface area contributed by atoms with Crippen LogP contribution in [-0.2, 0) is 13.2 Å². The van der Waals surface area contributed by atoms with Crippen molar-refractivity contribution in [3.63, 3.8) is 0 Å². The van der Waals surface area contributed by atoms with E-state index in [0.717, 1.165) is 16.8 Å². The minimum Gasteiger partial charge on any atom is -0.490 e. The van der Waals surface area contributed by atoms with E-state index in [1.807, 2.05) is 43.3 Å². The third-order valence-corrected chi connectivity index (χ3v) is 4.95. The van der Waals surface area contributed by atoms with Crippen LogP contribution < -0.4 is 14.8 Å². The molecule has 0 bridgehead atoms. The molecule has 0 aliphatic carbocycles. The molecule has 0 aromatic heterocycles. The maximum atomic E-state index is 6.52. The monoisotopic (exact) mass is 449 g/mol. The molecule has 0 saturated carbocycles. The van der Waals surface area contributed by atoms with Gasteiger partial charge in [0.25, 0.3) is 0 Å². The first-order chi connectivity index (χ1) is 13.9. The van der Waals surface area contributed by atoms with Crippen LogP contribution in [0.15, 0.2) is 54.6 Å². The van der Waals surface area contributed by atoms with E-state index in [0.29, 0.717) is 46.3 Å². The number of aryl methyl sites for hydroxylation is 1. The Kier molecular flexibility index (Phi) is 7.54. The van der Waals surface area contributed by atoms with Crippen molar-refractivity contribution < 1.29 is 9.47 Å².